The average Bonchev–Trinajstić information content (AvgIpc) is 2.62. The molecule has 2 unspecified atom stereocenters. The zero-order valence-electron chi connectivity index (χ0n) is 11.5. The number of nitrogen functional groups attached to an aromatic ring is 1. The van der Waals surface area contributed by atoms with Crippen LogP contribution in [0.4, 0.5) is 11.8 Å². The maximum absolute atomic E-state index is 5.74. The van der Waals surface area contributed by atoms with Crippen LogP contribution in [0.25, 0.3) is 0 Å². The van der Waals surface area contributed by atoms with E-state index in [9.17, 15) is 0 Å². The van der Waals surface area contributed by atoms with Crippen molar-refractivity contribution in [1.82, 2.24) is 14.9 Å². The molecule has 2 aliphatic rings. The van der Waals surface area contributed by atoms with E-state index < -0.39 is 0 Å². The number of ether oxygens (including phenoxy) is 1. The maximum atomic E-state index is 5.74. The van der Waals surface area contributed by atoms with Gasteiger partial charge in [-0.2, -0.15) is 9.97 Å². The molecule has 0 radical (unpaired) electrons. The molecular weight excluding hydrogens is 242 g/mol. The summed E-state index contributed by atoms with van der Waals surface area (Å²) < 4.78 is 5.17. The van der Waals surface area contributed by atoms with Crippen molar-refractivity contribution in [1.29, 1.82) is 0 Å². The molecule has 2 fully saturated rings. The average molecular weight is 263 g/mol. The summed E-state index contributed by atoms with van der Waals surface area (Å²) in [7, 11) is 3.84. The molecule has 6 heteroatoms. The van der Waals surface area contributed by atoms with Crippen LogP contribution in [0.15, 0.2) is 6.07 Å². The van der Waals surface area contributed by atoms with Crippen molar-refractivity contribution in [3.63, 3.8) is 0 Å². The van der Waals surface area contributed by atoms with E-state index in [4.69, 9.17) is 10.5 Å². The monoisotopic (exact) mass is 263 g/mol. The molecule has 2 N–H and O–H groups in total. The van der Waals surface area contributed by atoms with Gasteiger partial charge >= 0.3 is 0 Å². The first kappa shape index (κ1) is 12.5. The summed E-state index contributed by atoms with van der Waals surface area (Å²) in [6.07, 6.45) is 3.78. The number of nitrogens with two attached hydrogens (primary N) is 1. The number of methoxy groups -OCH3 is 1. The van der Waals surface area contributed by atoms with Gasteiger partial charge in [-0.05, 0) is 26.3 Å². The summed E-state index contributed by atoms with van der Waals surface area (Å²) in [6, 6.07) is 3.21. The fourth-order valence-electron chi connectivity index (χ4n) is 3.21. The van der Waals surface area contributed by atoms with Gasteiger partial charge in [-0.1, -0.05) is 0 Å². The smallest absolute Gasteiger partial charge is 0.225 e. The van der Waals surface area contributed by atoms with Crippen LogP contribution < -0.4 is 15.4 Å². The topological polar surface area (TPSA) is 67.5 Å². The van der Waals surface area contributed by atoms with Crippen LogP contribution in [0.1, 0.15) is 19.3 Å². The van der Waals surface area contributed by atoms with Crippen molar-refractivity contribution >= 4 is 11.8 Å². The normalized spacial score (nSPS) is 27.4. The molecule has 1 aromatic rings. The van der Waals surface area contributed by atoms with E-state index in [-0.39, 0.29) is 5.95 Å². The molecule has 0 saturated carbocycles. The van der Waals surface area contributed by atoms with Crippen LogP contribution in [0.5, 0.6) is 5.88 Å². The van der Waals surface area contributed by atoms with Crippen LogP contribution in [-0.2, 0) is 0 Å². The van der Waals surface area contributed by atoms with Crippen molar-refractivity contribution in [3.05, 3.63) is 6.07 Å². The van der Waals surface area contributed by atoms with Gasteiger partial charge in [0.05, 0.1) is 7.11 Å². The Kier molecular flexibility index (Phi) is 3.18. The Balaban J connectivity index is 1.84. The Bertz CT molecular complexity index is 466. The minimum atomic E-state index is 0.275. The van der Waals surface area contributed by atoms with Gasteiger partial charge in [0.2, 0.25) is 11.8 Å². The molecule has 2 bridgehead atoms. The van der Waals surface area contributed by atoms with E-state index in [2.05, 4.69) is 26.8 Å². The fraction of sp³-hybridized carbons (Fsp3) is 0.692. The number of aromatic nitrogens is 2. The standard InChI is InChI=1S/C13H21N5O/c1-17-9-3-4-10(17)8-18(6-5-9)11-7-12(19-2)16-13(14)15-11/h7,9-10H,3-6,8H2,1-2H3,(H2,14,15,16). The molecule has 3 heterocycles. The Hall–Kier alpha value is -1.56. The van der Waals surface area contributed by atoms with Gasteiger partial charge in [-0.25, -0.2) is 0 Å². The molecule has 19 heavy (non-hydrogen) atoms. The fourth-order valence-corrected chi connectivity index (χ4v) is 3.21. The highest BCUT2D eigenvalue weighted by Crippen LogP contribution is 2.30. The number of hydrogen-bond acceptors (Lipinski definition) is 6. The van der Waals surface area contributed by atoms with Gasteiger partial charge in [-0.3, -0.25) is 4.90 Å². The zero-order chi connectivity index (χ0) is 13.4. The van der Waals surface area contributed by atoms with Gasteiger partial charge in [0.25, 0.3) is 0 Å². The SMILES string of the molecule is COc1cc(N2CCC3CCC(C2)N3C)nc(N)n1. The van der Waals surface area contributed by atoms with E-state index in [1.807, 2.05) is 6.07 Å². The second-order valence-electron chi connectivity index (χ2n) is 5.41. The van der Waals surface area contributed by atoms with Crippen LogP contribution in [0.3, 0.4) is 0 Å². The highest BCUT2D eigenvalue weighted by molar-refractivity contribution is 5.46. The first-order chi connectivity index (χ1) is 9.17. The van der Waals surface area contributed by atoms with Crippen LogP contribution in [0.2, 0.25) is 0 Å². The zero-order valence-corrected chi connectivity index (χ0v) is 11.5. The highest BCUT2D eigenvalue weighted by atomic mass is 16.5. The molecule has 104 valence electrons. The van der Waals surface area contributed by atoms with E-state index in [0.29, 0.717) is 11.9 Å². The van der Waals surface area contributed by atoms with Gasteiger partial charge in [0.15, 0.2) is 0 Å². The van der Waals surface area contributed by atoms with E-state index in [1.165, 1.54) is 19.3 Å². The largest absolute Gasteiger partial charge is 0.481 e. The Morgan fingerprint density at radius 1 is 1.26 bits per heavy atom. The van der Waals surface area contributed by atoms with Gasteiger partial charge in [-0.15, -0.1) is 0 Å². The lowest BCUT2D eigenvalue weighted by molar-refractivity contribution is 0.254. The predicted molar refractivity (Wildman–Crippen MR) is 74.4 cm³/mol. The second kappa shape index (κ2) is 4.85. The molecule has 0 aliphatic carbocycles. The molecule has 0 aromatic carbocycles. The summed E-state index contributed by atoms with van der Waals surface area (Å²) in [6.45, 7) is 2.03. The van der Waals surface area contributed by atoms with Crippen molar-refractivity contribution in [2.75, 3.05) is 37.9 Å². The quantitative estimate of drug-likeness (QED) is 0.849. The second-order valence-corrected chi connectivity index (χ2v) is 5.41. The Morgan fingerprint density at radius 2 is 2.05 bits per heavy atom. The third-order valence-corrected chi connectivity index (χ3v) is 4.39. The van der Waals surface area contributed by atoms with Gasteiger partial charge in [0.1, 0.15) is 5.82 Å². The first-order valence-corrected chi connectivity index (χ1v) is 6.83. The van der Waals surface area contributed by atoms with E-state index >= 15 is 0 Å². The highest BCUT2D eigenvalue weighted by Gasteiger charge is 2.35. The summed E-state index contributed by atoms with van der Waals surface area (Å²) in [4.78, 5) is 13.2. The van der Waals surface area contributed by atoms with Crippen molar-refractivity contribution < 1.29 is 4.74 Å². The summed E-state index contributed by atoms with van der Waals surface area (Å²) in [5, 5.41) is 0. The molecule has 2 aliphatic heterocycles. The van der Waals surface area contributed by atoms with E-state index in [0.717, 1.165) is 24.9 Å². The molecule has 2 atom stereocenters. The molecule has 2 saturated heterocycles. The number of nitrogens with zero attached hydrogens (tertiary/aromatic N) is 4. The maximum Gasteiger partial charge on any atom is 0.225 e. The molecule has 3 rings (SSSR count). The number of rotatable bonds is 2. The molecular formula is C13H21N5O. The van der Waals surface area contributed by atoms with Crippen molar-refractivity contribution in [3.8, 4) is 5.88 Å². The lowest BCUT2D eigenvalue weighted by atomic mass is 10.1. The summed E-state index contributed by atoms with van der Waals surface area (Å²) in [5.41, 5.74) is 5.74. The van der Waals surface area contributed by atoms with Crippen molar-refractivity contribution in [2.45, 2.75) is 31.3 Å². The van der Waals surface area contributed by atoms with Gasteiger partial charge < -0.3 is 15.4 Å². The first-order valence-electron chi connectivity index (χ1n) is 6.83. The minimum Gasteiger partial charge on any atom is -0.481 e. The van der Waals surface area contributed by atoms with Crippen molar-refractivity contribution in [2.24, 2.45) is 0 Å². The Morgan fingerprint density at radius 3 is 2.84 bits per heavy atom. The lowest BCUT2D eigenvalue weighted by Gasteiger charge is -2.26. The minimum absolute atomic E-state index is 0.275. The third kappa shape index (κ3) is 2.32. The molecule has 0 amide bonds. The number of fused-ring (bicyclic) bond motifs is 2. The molecule has 1 aromatic heterocycles. The third-order valence-electron chi connectivity index (χ3n) is 4.39. The summed E-state index contributed by atoms with van der Waals surface area (Å²) >= 11 is 0. The van der Waals surface area contributed by atoms with E-state index in [1.54, 1.807) is 7.11 Å². The molecule has 6 nitrogen and oxygen atoms in total. The van der Waals surface area contributed by atoms with Gasteiger partial charge in [0, 0.05) is 31.2 Å². The van der Waals surface area contributed by atoms with Crippen LogP contribution in [0, 0.1) is 0 Å². The molecule has 0 spiro atoms. The Labute approximate surface area is 113 Å². The van der Waals surface area contributed by atoms with Crippen LogP contribution in [-0.4, -0.2) is 54.2 Å². The number of likely N-dealkylation sites (N-methyl/N-ethyl adjacent to an activating group) is 1. The lowest BCUT2D eigenvalue weighted by Crippen LogP contribution is -2.37. The number of hydrogen-bond donors (Lipinski definition) is 1. The van der Waals surface area contributed by atoms with Crippen LogP contribution >= 0.6 is 0 Å². The number of anilines is 2. The summed E-state index contributed by atoms with van der Waals surface area (Å²) in [5.74, 6) is 1.69. The predicted octanol–water partition coefficient (Wildman–Crippen LogP) is 0.740.